The van der Waals surface area contributed by atoms with E-state index in [2.05, 4.69) is 6.07 Å². The first-order valence-corrected chi connectivity index (χ1v) is 4.91. The molecule has 0 aliphatic heterocycles. The molecule has 0 nitrogen and oxygen atoms in total. The van der Waals surface area contributed by atoms with Gasteiger partial charge in [-0.15, -0.1) is 0 Å². The second kappa shape index (κ2) is 9.90. The van der Waals surface area contributed by atoms with Crippen LogP contribution in [0.5, 0.6) is 0 Å². The van der Waals surface area contributed by atoms with E-state index in [0.29, 0.717) is 0 Å². The largest absolute Gasteiger partial charge is 1.00 e. The Morgan fingerprint density at radius 1 is 0.615 bits per heavy atom. The van der Waals surface area contributed by atoms with Crippen LogP contribution >= 0.6 is 0 Å². The number of hydrogen-bond donors (Lipinski definition) is 0. The van der Waals surface area contributed by atoms with Gasteiger partial charge in [-0.05, 0) is 0 Å². The third-order valence-electron chi connectivity index (χ3n) is 2.11. The van der Waals surface area contributed by atoms with Gasteiger partial charge in [0.05, 0.1) is 0 Å². The Hall–Kier alpha value is -0.183. The first kappa shape index (κ1) is 12.8. The van der Waals surface area contributed by atoms with Gasteiger partial charge < -0.3 is 0 Å². The molecule has 0 aromatic heterocycles. The van der Waals surface area contributed by atoms with Gasteiger partial charge in [0.1, 0.15) is 0 Å². The zero-order chi connectivity index (χ0) is 8.49. The molecule has 0 heterocycles. The predicted molar refractivity (Wildman–Crippen MR) is 53.0 cm³/mol. The molecule has 0 spiro atoms. The SMILES string of the molecule is C1CCCCC1.[Li+].[c-]1ccccc1. The predicted octanol–water partition coefficient (Wildman–Crippen LogP) is 0.831. The maximum atomic E-state index is 2.89. The molecule has 1 heteroatoms. The van der Waals surface area contributed by atoms with Crippen LogP contribution in [-0.4, -0.2) is 0 Å². The van der Waals surface area contributed by atoms with Crippen molar-refractivity contribution < 1.29 is 18.9 Å². The van der Waals surface area contributed by atoms with E-state index >= 15 is 0 Å². The Kier molecular flexibility index (Phi) is 9.76. The van der Waals surface area contributed by atoms with Crippen molar-refractivity contribution in [3.63, 3.8) is 0 Å². The molecule has 2 rings (SSSR count). The van der Waals surface area contributed by atoms with Crippen molar-refractivity contribution in [2.45, 2.75) is 38.5 Å². The summed E-state index contributed by atoms with van der Waals surface area (Å²) in [4.78, 5) is 0. The van der Waals surface area contributed by atoms with Gasteiger partial charge in [0.2, 0.25) is 0 Å². The Labute approximate surface area is 93.9 Å². The van der Waals surface area contributed by atoms with E-state index in [9.17, 15) is 0 Å². The third kappa shape index (κ3) is 8.16. The summed E-state index contributed by atoms with van der Waals surface area (Å²) in [5.41, 5.74) is 0. The van der Waals surface area contributed by atoms with E-state index < -0.39 is 0 Å². The molecule has 1 aliphatic rings. The number of rotatable bonds is 0. The Morgan fingerprint density at radius 2 is 1.00 bits per heavy atom. The van der Waals surface area contributed by atoms with E-state index in [-0.39, 0.29) is 18.9 Å². The topological polar surface area (TPSA) is 0 Å². The van der Waals surface area contributed by atoms with Crippen LogP contribution in [0.25, 0.3) is 0 Å². The molecule has 1 fully saturated rings. The van der Waals surface area contributed by atoms with Crippen molar-refractivity contribution >= 4 is 0 Å². The summed E-state index contributed by atoms with van der Waals surface area (Å²) in [6.45, 7) is 0. The summed E-state index contributed by atoms with van der Waals surface area (Å²) in [6, 6.07) is 12.5. The first-order valence-electron chi connectivity index (χ1n) is 4.91. The van der Waals surface area contributed by atoms with E-state index in [1.807, 2.05) is 30.3 Å². The molecule has 1 saturated carbocycles. The molecule has 0 radical (unpaired) electrons. The second-order valence-electron chi connectivity index (χ2n) is 3.20. The van der Waals surface area contributed by atoms with Crippen molar-refractivity contribution in [2.24, 2.45) is 0 Å². The second-order valence-corrected chi connectivity index (χ2v) is 3.20. The molecule has 1 aromatic carbocycles. The summed E-state index contributed by atoms with van der Waals surface area (Å²) >= 11 is 0. The maximum absolute atomic E-state index is 2.89. The first-order chi connectivity index (χ1) is 6.00. The molecule has 13 heavy (non-hydrogen) atoms. The fourth-order valence-corrected chi connectivity index (χ4v) is 1.40. The van der Waals surface area contributed by atoms with E-state index in [0.717, 1.165) is 0 Å². The van der Waals surface area contributed by atoms with E-state index in [1.165, 1.54) is 38.5 Å². The average molecular weight is 168 g/mol. The molecule has 0 saturated heterocycles. The summed E-state index contributed by atoms with van der Waals surface area (Å²) in [7, 11) is 0. The van der Waals surface area contributed by atoms with Crippen LogP contribution in [-0.2, 0) is 0 Å². The van der Waals surface area contributed by atoms with E-state index in [1.54, 1.807) is 0 Å². The van der Waals surface area contributed by atoms with Crippen molar-refractivity contribution in [1.82, 2.24) is 0 Å². The molecule has 0 bridgehead atoms. The molecule has 1 aromatic rings. The Bertz CT molecular complexity index is 130. The van der Waals surface area contributed by atoms with Crippen LogP contribution in [0.1, 0.15) is 38.5 Å². The van der Waals surface area contributed by atoms with Crippen molar-refractivity contribution in [3.05, 3.63) is 36.4 Å². The van der Waals surface area contributed by atoms with Crippen LogP contribution in [0, 0.1) is 6.07 Å². The van der Waals surface area contributed by atoms with Crippen molar-refractivity contribution in [2.75, 3.05) is 0 Å². The van der Waals surface area contributed by atoms with Gasteiger partial charge in [-0.25, -0.2) is 0 Å². The smallest absolute Gasteiger partial charge is 0.184 e. The normalized spacial score (nSPS) is 14.8. The minimum atomic E-state index is 0. The molecular formula is C12H17Li. The van der Waals surface area contributed by atoms with Crippen molar-refractivity contribution in [3.8, 4) is 0 Å². The molecule has 0 N–H and O–H groups in total. The molecule has 0 amide bonds. The summed E-state index contributed by atoms with van der Waals surface area (Å²) < 4.78 is 0. The average Bonchev–Trinajstić information content (AvgIpc) is 2.24. The minimum absolute atomic E-state index is 0. The van der Waals surface area contributed by atoms with Gasteiger partial charge in [-0.2, -0.15) is 36.4 Å². The molecule has 0 atom stereocenters. The maximum Gasteiger partial charge on any atom is 1.00 e. The summed E-state index contributed by atoms with van der Waals surface area (Å²) in [5.74, 6) is 0. The summed E-state index contributed by atoms with van der Waals surface area (Å²) in [6.07, 6.45) is 9.00. The zero-order valence-electron chi connectivity index (χ0n) is 8.63. The monoisotopic (exact) mass is 168 g/mol. The van der Waals surface area contributed by atoms with Crippen molar-refractivity contribution in [1.29, 1.82) is 0 Å². The zero-order valence-corrected chi connectivity index (χ0v) is 8.63. The van der Waals surface area contributed by atoms with Gasteiger partial charge in [0.15, 0.2) is 0 Å². The van der Waals surface area contributed by atoms with Crippen LogP contribution < -0.4 is 18.9 Å². The molecule has 1 aliphatic carbocycles. The number of benzene rings is 1. The van der Waals surface area contributed by atoms with Crippen LogP contribution in [0.3, 0.4) is 0 Å². The minimum Gasteiger partial charge on any atom is -0.184 e. The Balaban J connectivity index is 0.000000206. The quantitative estimate of drug-likeness (QED) is 0.397. The van der Waals surface area contributed by atoms with Gasteiger partial charge >= 0.3 is 18.9 Å². The molecular weight excluding hydrogens is 151 g/mol. The fraction of sp³-hybridized carbons (Fsp3) is 0.500. The Morgan fingerprint density at radius 3 is 1.15 bits per heavy atom. The van der Waals surface area contributed by atoms with Gasteiger partial charge in [0.25, 0.3) is 0 Å². The van der Waals surface area contributed by atoms with Gasteiger partial charge in [-0.1, -0.05) is 38.5 Å². The van der Waals surface area contributed by atoms with Crippen LogP contribution in [0.4, 0.5) is 0 Å². The molecule has 66 valence electrons. The van der Waals surface area contributed by atoms with Crippen LogP contribution in [0.15, 0.2) is 30.3 Å². The van der Waals surface area contributed by atoms with E-state index in [4.69, 9.17) is 0 Å². The third-order valence-corrected chi connectivity index (χ3v) is 2.11. The molecule has 0 unspecified atom stereocenters. The van der Waals surface area contributed by atoms with Crippen LogP contribution in [0.2, 0.25) is 0 Å². The van der Waals surface area contributed by atoms with Gasteiger partial charge in [-0.3, -0.25) is 0 Å². The fourth-order valence-electron chi connectivity index (χ4n) is 1.40. The number of hydrogen-bond acceptors (Lipinski definition) is 0. The van der Waals surface area contributed by atoms with Gasteiger partial charge in [0, 0.05) is 0 Å². The standard InChI is InChI=1S/C6H12.C6H5.Li/c2*1-2-4-6-5-3-1;/h1-6H2;1-5H;/q;-1;+1. The summed E-state index contributed by atoms with van der Waals surface area (Å²) in [5, 5.41) is 0.